The molecule has 2 heteroatoms. The topological polar surface area (TPSA) is 17.8 Å². The fourth-order valence-corrected chi connectivity index (χ4v) is 3.91. The number of nitrogens with zero attached hydrogens (tertiary/aromatic N) is 2. The maximum Gasteiger partial charge on any atom is 0.114 e. The van der Waals surface area contributed by atoms with Crippen LogP contribution in [0.1, 0.15) is 39.2 Å². The zero-order valence-electron chi connectivity index (χ0n) is 16.6. The molecule has 0 aliphatic heterocycles. The number of aryl methyl sites for hydroxylation is 2. The minimum atomic E-state index is 0.846. The van der Waals surface area contributed by atoms with Gasteiger partial charge in [-0.1, -0.05) is 48.5 Å². The second kappa shape index (κ2) is 7.03. The zero-order chi connectivity index (χ0) is 19.0. The summed E-state index contributed by atoms with van der Waals surface area (Å²) in [5.41, 5.74) is 10.5. The average molecular weight is 354 g/mol. The predicted molar refractivity (Wildman–Crippen MR) is 113 cm³/mol. The molecule has 1 aromatic heterocycles. The summed E-state index contributed by atoms with van der Waals surface area (Å²) >= 11 is 0. The molecule has 0 radical (unpaired) electrons. The Bertz CT molecular complexity index is 1080. The van der Waals surface area contributed by atoms with Crippen molar-refractivity contribution in [3.63, 3.8) is 0 Å². The van der Waals surface area contributed by atoms with Crippen LogP contribution in [0.2, 0.25) is 0 Å². The number of para-hydroxylation sites is 2. The first-order chi connectivity index (χ1) is 13.0. The van der Waals surface area contributed by atoms with E-state index in [4.69, 9.17) is 4.98 Å². The lowest BCUT2D eigenvalue weighted by Gasteiger charge is -2.18. The van der Waals surface area contributed by atoms with E-state index in [9.17, 15) is 0 Å². The normalized spacial score (nSPS) is 11.3. The summed E-state index contributed by atoms with van der Waals surface area (Å²) in [7, 11) is 0. The molecule has 4 aromatic rings. The molecule has 0 bridgehead atoms. The minimum Gasteiger partial charge on any atom is -0.323 e. The first-order valence-corrected chi connectivity index (χ1v) is 9.59. The smallest absolute Gasteiger partial charge is 0.114 e. The highest BCUT2D eigenvalue weighted by molar-refractivity contribution is 5.76. The highest BCUT2D eigenvalue weighted by Gasteiger charge is 2.15. The van der Waals surface area contributed by atoms with Gasteiger partial charge in [0.1, 0.15) is 5.82 Å². The molecule has 136 valence electrons. The van der Waals surface area contributed by atoms with E-state index in [-0.39, 0.29) is 0 Å². The number of aromatic nitrogens is 2. The molecule has 0 atom stereocenters. The molecule has 0 saturated heterocycles. The van der Waals surface area contributed by atoms with E-state index in [1.165, 1.54) is 38.9 Å². The van der Waals surface area contributed by atoms with Crippen LogP contribution in [0, 0.1) is 27.7 Å². The highest BCUT2D eigenvalue weighted by atomic mass is 15.1. The van der Waals surface area contributed by atoms with Crippen molar-refractivity contribution in [3.05, 3.63) is 99.9 Å². The second-order valence-corrected chi connectivity index (χ2v) is 7.50. The molecule has 2 nitrogen and oxygen atoms in total. The van der Waals surface area contributed by atoms with E-state index < -0.39 is 0 Å². The van der Waals surface area contributed by atoms with Gasteiger partial charge >= 0.3 is 0 Å². The molecule has 0 amide bonds. The molecule has 0 aliphatic carbocycles. The van der Waals surface area contributed by atoms with Gasteiger partial charge in [0.05, 0.1) is 11.0 Å². The van der Waals surface area contributed by atoms with Crippen LogP contribution in [0.25, 0.3) is 11.0 Å². The van der Waals surface area contributed by atoms with Crippen LogP contribution >= 0.6 is 0 Å². The Hall–Kier alpha value is -2.87. The minimum absolute atomic E-state index is 0.846. The van der Waals surface area contributed by atoms with Gasteiger partial charge in [0.25, 0.3) is 0 Å². The van der Waals surface area contributed by atoms with Crippen molar-refractivity contribution in [2.45, 2.75) is 40.7 Å². The molecule has 4 rings (SSSR count). The van der Waals surface area contributed by atoms with Crippen LogP contribution in [0.5, 0.6) is 0 Å². The molecular weight excluding hydrogens is 328 g/mol. The van der Waals surface area contributed by atoms with E-state index in [0.29, 0.717) is 0 Å². The van der Waals surface area contributed by atoms with Crippen molar-refractivity contribution < 1.29 is 0 Å². The van der Waals surface area contributed by atoms with Crippen molar-refractivity contribution in [2.75, 3.05) is 0 Å². The lowest BCUT2D eigenvalue weighted by molar-refractivity contribution is 0.753. The number of fused-ring (bicyclic) bond motifs is 1. The van der Waals surface area contributed by atoms with Crippen LogP contribution in [0.4, 0.5) is 0 Å². The van der Waals surface area contributed by atoms with Gasteiger partial charge in [-0.3, -0.25) is 0 Å². The molecule has 0 unspecified atom stereocenters. The monoisotopic (exact) mass is 354 g/mol. The fraction of sp³-hybridized carbons (Fsp3) is 0.240. The van der Waals surface area contributed by atoms with Crippen LogP contribution in [0.15, 0.2) is 60.7 Å². The van der Waals surface area contributed by atoms with Gasteiger partial charge < -0.3 is 4.57 Å². The standard InChI is InChI=1S/C25H26N2/c1-17-14-18(2)20(4)22(19(17)3)16-27-24-13-9-8-12-23(24)26-25(27)15-21-10-6-5-7-11-21/h5-14H,15-16H2,1-4H3. The third-order valence-corrected chi connectivity index (χ3v) is 5.78. The molecule has 0 fully saturated rings. The van der Waals surface area contributed by atoms with Gasteiger partial charge in [-0.05, 0) is 73.2 Å². The summed E-state index contributed by atoms with van der Waals surface area (Å²) in [5.74, 6) is 1.13. The van der Waals surface area contributed by atoms with E-state index in [2.05, 4.69) is 92.9 Å². The number of imidazole rings is 1. The van der Waals surface area contributed by atoms with Crippen LogP contribution in [-0.2, 0) is 13.0 Å². The molecule has 0 saturated carbocycles. The van der Waals surface area contributed by atoms with Crippen molar-refractivity contribution in [1.29, 1.82) is 0 Å². The number of hydrogen-bond acceptors (Lipinski definition) is 1. The van der Waals surface area contributed by atoms with Crippen molar-refractivity contribution in [3.8, 4) is 0 Å². The Morgan fingerprint density at radius 2 is 1.41 bits per heavy atom. The predicted octanol–water partition coefficient (Wildman–Crippen LogP) is 5.91. The Balaban J connectivity index is 1.85. The Morgan fingerprint density at radius 1 is 0.778 bits per heavy atom. The first kappa shape index (κ1) is 17.5. The SMILES string of the molecule is Cc1cc(C)c(C)c(Cn2c(Cc3ccccc3)nc3ccccc32)c1C. The molecule has 27 heavy (non-hydrogen) atoms. The second-order valence-electron chi connectivity index (χ2n) is 7.50. The van der Waals surface area contributed by atoms with Crippen LogP contribution in [-0.4, -0.2) is 9.55 Å². The van der Waals surface area contributed by atoms with Crippen LogP contribution in [0.3, 0.4) is 0 Å². The van der Waals surface area contributed by atoms with E-state index in [0.717, 1.165) is 24.3 Å². The van der Waals surface area contributed by atoms with Gasteiger partial charge in [0.15, 0.2) is 0 Å². The third kappa shape index (κ3) is 3.28. The molecule has 0 N–H and O–H groups in total. The summed E-state index contributed by atoms with van der Waals surface area (Å²) in [6.45, 7) is 9.77. The van der Waals surface area contributed by atoms with Gasteiger partial charge in [-0.15, -0.1) is 0 Å². The lowest BCUT2D eigenvalue weighted by atomic mass is 9.94. The van der Waals surface area contributed by atoms with Crippen molar-refractivity contribution >= 4 is 11.0 Å². The molecule has 0 spiro atoms. The maximum absolute atomic E-state index is 4.97. The average Bonchev–Trinajstić information content (AvgIpc) is 3.01. The fourth-order valence-electron chi connectivity index (χ4n) is 3.91. The summed E-state index contributed by atoms with van der Waals surface area (Å²) < 4.78 is 2.40. The summed E-state index contributed by atoms with van der Waals surface area (Å²) in [5, 5.41) is 0. The quantitative estimate of drug-likeness (QED) is 0.445. The highest BCUT2D eigenvalue weighted by Crippen LogP contribution is 2.26. The molecule has 3 aromatic carbocycles. The maximum atomic E-state index is 4.97. The largest absolute Gasteiger partial charge is 0.323 e. The number of hydrogen-bond donors (Lipinski definition) is 0. The Labute approximate surface area is 161 Å². The van der Waals surface area contributed by atoms with Gasteiger partial charge in [-0.2, -0.15) is 0 Å². The Morgan fingerprint density at radius 3 is 2.11 bits per heavy atom. The third-order valence-electron chi connectivity index (χ3n) is 5.78. The number of rotatable bonds is 4. The summed E-state index contributed by atoms with van der Waals surface area (Å²) in [6.07, 6.45) is 0.846. The molecular formula is C25H26N2. The van der Waals surface area contributed by atoms with Gasteiger partial charge in [0.2, 0.25) is 0 Å². The van der Waals surface area contributed by atoms with E-state index >= 15 is 0 Å². The Kier molecular flexibility index (Phi) is 4.57. The van der Waals surface area contributed by atoms with Crippen molar-refractivity contribution in [2.24, 2.45) is 0 Å². The van der Waals surface area contributed by atoms with E-state index in [1.54, 1.807) is 0 Å². The van der Waals surface area contributed by atoms with Crippen molar-refractivity contribution in [1.82, 2.24) is 9.55 Å². The number of benzene rings is 3. The van der Waals surface area contributed by atoms with E-state index in [1.807, 2.05) is 0 Å². The molecule has 1 heterocycles. The summed E-state index contributed by atoms with van der Waals surface area (Å²) in [6, 6.07) is 21.4. The zero-order valence-corrected chi connectivity index (χ0v) is 16.6. The first-order valence-electron chi connectivity index (χ1n) is 9.59. The lowest BCUT2D eigenvalue weighted by Crippen LogP contribution is -2.10. The van der Waals surface area contributed by atoms with Crippen LogP contribution < -0.4 is 0 Å². The summed E-state index contributed by atoms with van der Waals surface area (Å²) in [4.78, 5) is 4.97. The molecule has 0 aliphatic rings. The van der Waals surface area contributed by atoms with Gasteiger partial charge in [-0.25, -0.2) is 4.98 Å². The van der Waals surface area contributed by atoms with Gasteiger partial charge in [0, 0.05) is 13.0 Å².